The first-order valence-electron chi connectivity index (χ1n) is 5.55. The average molecular weight is 730 g/mol. The molecule has 2 atom stereocenters. The summed E-state index contributed by atoms with van der Waals surface area (Å²) in [6.45, 7) is 0. The molecule has 0 N–H and O–H groups in total. The van der Waals surface area contributed by atoms with Gasteiger partial charge >= 0.3 is 58.4 Å². The van der Waals surface area contributed by atoms with Crippen molar-refractivity contribution in [2.45, 2.75) is 0 Å². The Kier molecular flexibility index (Phi) is 17.1. The molecule has 0 bridgehead atoms. The molecule has 0 spiro atoms. The van der Waals surface area contributed by atoms with Crippen molar-refractivity contribution in [3.63, 3.8) is 0 Å². The van der Waals surface area contributed by atoms with E-state index in [1.807, 2.05) is 0 Å². The summed E-state index contributed by atoms with van der Waals surface area (Å²) in [5.74, 6) is 1.31. The van der Waals surface area contributed by atoms with Gasteiger partial charge in [0.15, 0.2) is 0 Å². The van der Waals surface area contributed by atoms with Crippen molar-refractivity contribution in [1.82, 2.24) is 0 Å². The monoisotopic (exact) mass is 729 g/mol. The van der Waals surface area contributed by atoms with Crippen LogP contribution in [-0.2, 0) is 40.0 Å². The predicted octanol–water partition coefficient (Wildman–Crippen LogP) is 4.65. The Morgan fingerprint density at radius 2 is 1.15 bits per heavy atom. The fourth-order valence-corrected chi connectivity index (χ4v) is 7.56. The van der Waals surface area contributed by atoms with E-state index in [9.17, 15) is 0 Å². The van der Waals surface area contributed by atoms with Crippen molar-refractivity contribution in [1.29, 1.82) is 0 Å². The Bertz CT molecular complexity index is 393. The summed E-state index contributed by atoms with van der Waals surface area (Å²) in [6, 6.07) is 21.9. The van der Waals surface area contributed by atoms with Gasteiger partial charge in [-0.3, -0.25) is 0 Å². The molecule has 2 rings (SSSR count). The van der Waals surface area contributed by atoms with Crippen molar-refractivity contribution in [3.05, 3.63) is 60.7 Å². The number of hydrogen-bond acceptors (Lipinski definition) is 0. The molecule has 20 heavy (non-hydrogen) atoms. The summed E-state index contributed by atoms with van der Waals surface area (Å²) in [4.78, 5) is 0. The summed E-state index contributed by atoms with van der Waals surface area (Å²) in [6.07, 6.45) is 0. The van der Waals surface area contributed by atoms with Crippen LogP contribution in [0.2, 0.25) is 0 Å². The van der Waals surface area contributed by atoms with Crippen LogP contribution in [0.4, 0.5) is 0 Å². The van der Waals surface area contributed by atoms with Crippen molar-refractivity contribution in [2.24, 2.45) is 0 Å². The topological polar surface area (TPSA) is 0 Å². The van der Waals surface area contributed by atoms with Crippen LogP contribution < -0.4 is 10.6 Å². The molecule has 0 saturated carbocycles. The molecule has 0 radical (unpaired) electrons. The molecule has 118 valence electrons. The second kappa shape index (κ2) is 15.7. The number of rotatable bonds is 4. The Morgan fingerprint density at radius 3 is 1.45 bits per heavy atom. The van der Waals surface area contributed by atoms with E-state index in [0.29, 0.717) is 0 Å². The van der Waals surface area contributed by atoms with Crippen LogP contribution in [0, 0.1) is 0 Å². The van der Waals surface area contributed by atoms with Crippen LogP contribution in [0.15, 0.2) is 60.7 Å². The van der Waals surface area contributed by atoms with Gasteiger partial charge in [-0.05, 0) is 24.3 Å². The number of halogens is 2. The third kappa shape index (κ3) is 8.43. The van der Waals surface area contributed by atoms with E-state index >= 15 is 0 Å². The zero-order chi connectivity index (χ0) is 15.2. The zero-order valence-electron chi connectivity index (χ0n) is 10.4. The molecule has 0 nitrogen and oxygen atoms in total. The van der Waals surface area contributed by atoms with Gasteiger partial charge in [-0.2, -0.15) is 0 Å². The number of hydrogen-bond donors (Lipinski definition) is 0. The molecule has 0 aliphatic carbocycles. The Labute approximate surface area is 159 Å². The first kappa shape index (κ1) is 21.8. The first-order chi connectivity index (χ1) is 9.92. The summed E-state index contributed by atoms with van der Waals surface area (Å²) in [5.41, 5.74) is 0. The van der Waals surface area contributed by atoms with Crippen molar-refractivity contribution >= 4 is 54.1 Å². The number of benzene rings is 2. The van der Waals surface area contributed by atoms with E-state index in [1.54, 1.807) is 40.0 Å². The standard InChI is InChI=1S/C13H15P3.2Au.2ClH/c14-15-11-16(12-7-3-1-4-8-12)13-9-5-2-6-10-13;;;;/h1-10,15H,11,14H2;;;2*1H/q;2*+1;;/p-1. The van der Waals surface area contributed by atoms with E-state index in [0.717, 1.165) is 8.27 Å². The maximum atomic E-state index is 4.58. The van der Waals surface area contributed by atoms with Gasteiger partial charge in [-0.25, -0.2) is 0 Å². The summed E-state index contributed by atoms with van der Waals surface area (Å²) in [7, 11) is 12.4. The van der Waals surface area contributed by atoms with Gasteiger partial charge in [0, 0.05) is 0 Å². The average Bonchev–Trinajstić information content (AvgIpc) is 2.58. The van der Waals surface area contributed by atoms with Crippen molar-refractivity contribution in [2.75, 3.05) is 5.90 Å². The van der Waals surface area contributed by atoms with Gasteiger partial charge in [0.2, 0.25) is 0 Å². The second-order valence-electron chi connectivity index (χ2n) is 3.59. The zero-order valence-corrected chi connectivity index (χ0v) is 19.4. The van der Waals surface area contributed by atoms with Gasteiger partial charge in [0.25, 0.3) is 0 Å². The third-order valence-electron chi connectivity index (χ3n) is 2.52. The second-order valence-corrected chi connectivity index (χ2v) is 8.75. The van der Waals surface area contributed by atoms with E-state index in [1.165, 1.54) is 16.5 Å². The minimum atomic E-state index is -0.559. The molecule has 0 heterocycles. The van der Waals surface area contributed by atoms with Crippen LogP contribution in [0.1, 0.15) is 0 Å². The summed E-state index contributed by atoms with van der Waals surface area (Å²) in [5, 5.41) is 3.04. The molecular formula is C13H16Au2Cl2P3+. The molecule has 0 amide bonds. The molecule has 0 aliphatic heterocycles. The fourth-order valence-electron chi connectivity index (χ4n) is 1.75. The minimum absolute atomic E-state index is 0.559. The molecule has 7 heteroatoms. The SMILES string of the molecule is PPC[PH+](c1ccccc1)c1ccccc1.[Cl][Au].[Cl][Au]. The van der Waals surface area contributed by atoms with E-state index < -0.39 is 7.92 Å². The predicted molar refractivity (Wildman–Crippen MR) is 95.1 cm³/mol. The Morgan fingerprint density at radius 1 is 0.800 bits per heavy atom. The molecule has 2 unspecified atom stereocenters. The molecular weight excluding hydrogens is 714 g/mol. The van der Waals surface area contributed by atoms with Crippen molar-refractivity contribution < 1.29 is 40.0 Å². The molecule has 2 aromatic rings. The molecule has 0 aliphatic rings. The Balaban J connectivity index is 0.000000829. The maximum absolute atomic E-state index is 4.58. The van der Waals surface area contributed by atoms with E-state index in [2.05, 4.69) is 88.0 Å². The summed E-state index contributed by atoms with van der Waals surface area (Å²) >= 11 is 3.50. The van der Waals surface area contributed by atoms with E-state index in [-0.39, 0.29) is 0 Å². The quantitative estimate of drug-likeness (QED) is 0.318. The van der Waals surface area contributed by atoms with Crippen LogP contribution in [0.3, 0.4) is 0 Å². The fraction of sp³-hybridized carbons (Fsp3) is 0.0769. The van der Waals surface area contributed by atoms with Crippen molar-refractivity contribution in [3.8, 4) is 0 Å². The van der Waals surface area contributed by atoms with Gasteiger partial charge in [-0.1, -0.05) is 44.7 Å². The van der Waals surface area contributed by atoms with Gasteiger partial charge in [-0.15, -0.1) is 8.93 Å². The van der Waals surface area contributed by atoms with Crippen LogP contribution in [-0.4, -0.2) is 5.90 Å². The molecule has 0 saturated heterocycles. The molecule has 0 fully saturated rings. The summed E-state index contributed by atoms with van der Waals surface area (Å²) < 4.78 is 0. The molecule has 2 aromatic carbocycles. The van der Waals surface area contributed by atoms with Crippen LogP contribution in [0.25, 0.3) is 0 Å². The van der Waals surface area contributed by atoms with Crippen LogP contribution in [0.5, 0.6) is 0 Å². The van der Waals surface area contributed by atoms with E-state index in [4.69, 9.17) is 0 Å². The Hall–Kier alpha value is 1.79. The first-order valence-corrected chi connectivity index (χ1v) is 15.6. The van der Waals surface area contributed by atoms with Gasteiger partial charge < -0.3 is 0 Å². The molecule has 0 aromatic heterocycles. The normalized spacial score (nSPS) is 9.80. The van der Waals surface area contributed by atoms with Gasteiger partial charge in [0.05, 0.1) is 24.4 Å². The van der Waals surface area contributed by atoms with Crippen LogP contribution >= 0.6 is 43.5 Å². The van der Waals surface area contributed by atoms with Gasteiger partial charge in [0.1, 0.15) is 0 Å². The third-order valence-corrected chi connectivity index (χ3v) is 8.65.